The molecule has 0 saturated heterocycles. The molecule has 0 amide bonds. The highest BCUT2D eigenvalue weighted by Gasteiger charge is 2.22. The van der Waals surface area contributed by atoms with Crippen molar-refractivity contribution in [2.24, 2.45) is 0 Å². The van der Waals surface area contributed by atoms with Crippen LogP contribution in [-0.4, -0.2) is 43.7 Å². The van der Waals surface area contributed by atoms with Crippen LogP contribution in [0.3, 0.4) is 0 Å². The Morgan fingerprint density at radius 1 is 1.14 bits per heavy atom. The monoisotopic (exact) mass is 412 g/mol. The van der Waals surface area contributed by atoms with Crippen molar-refractivity contribution in [3.63, 3.8) is 0 Å². The second-order valence-electron chi connectivity index (χ2n) is 7.04. The van der Waals surface area contributed by atoms with E-state index in [4.69, 9.17) is 4.74 Å². The number of carbonyl (C=O) groups excluding carboxylic acids is 2. The SMILES string of the molecule is CSc1nc2nc(C)c(CC(=O)O[C@@H](C)C(=O)c3ccc(C)c(C)c3)c(C)n2n1. The summed E-state index contributed by atoms with van der Waals surface area (Å²) in [5.74, 6) is -0.198. The van der Waals surface area contributed by atoms with Gasteiger partial charge in [0.15, 0.2) is 6.10 Å². The van der Waals surface area contributed by atoms with E-state index in [9.17, 15) is 9.59 Å². The Bertz CT molecular complexity index is 1110. The molecule has 0 N–H and O–H groups in total. The van der Waals surface area contributed by atoms with Crippen LogP contribution in [0, 0.1) is 27.7 Å². The standard InChI is InChI=1S/C21H24N4O3S/c1-11-7-8-16(9-12(11)2)19(27)15(5)28-18(26)10-17-13(3)22-20-23-21(29-6)24-25(20)14(17)4/h7-9,15H,10H2,1-6H3/t15-/m0/s1. The highest BCUT2D eigenvalue weighted by molar-refractivity contribution is 7.98. The highest BCUT2D eigenvalue weighted by Crippen LogP contribution is 2.18. The van der Waals surface area contributed by atoms with E-state index in [1.54, 1.807) is 17.5 Å². The number of aryl methyl sites for hydroxylation is 4. The normalized spacial score (nSPS) is 12.2. The molecule has 0 aliphatic carbocycles. The summed E-state index contributed by atoms with van der Waals surface area (Å²) in [7, 11) is 0. The molecule has 1 atom stereocenters. The number of aromatic nitrogens is 4. The van der Waals surface area contributed by atoms with E-state index in [1.165, 1.54) is 11.8 Å². The number of fused-ring (bicyclic) bond motifs is 1. The first kappa shape index (κ1) is 21.0. The molecule has 0 spiro atoms. The van der Waals surface area contributed by atoms with Crippen LogP contribution in [0.2, 0.25) is 0 Å². The molecule has 29 heavy (non-hydrogen) atoms. The minimum Gasteiger partial charge on any atom is -0.454 e. The largest absolute Gasteiger partial charge is 0.454 e. The molecule has 2 aromatic heterocycles. The molecule has 1 aromatic carbocycles. The van der Waals surface area contributed by atoms with Crippen molar-refractivity contribution in [3.05, 3.63) is 51.8 Å². The molecule has 0 saturated carbocycles. The zero-order valence-corrected chi connectivity index (χ0v) is 18.3. The van der Waals surface area contributed by atoms with Gasteiger partial charge in [-0.15, -0.1) is 5.10 Å². The summed E-state index contributed by atoms with van der Waals surface area (Å²) in [5, 5.41) is 5.00. The second-order valence-corrected chi connectivity index (χ2v) is 7.82. The number of thioether (sulfide) groups is 1. The average molecular weight is 413 g/mol. The van der Waals surface area contributed by atoms with Crippen molar-refractivity contribution in [2.45, 2.75) is 52.3 Å². The summed E-state index contributed by atoms with van der Waals surface area (Å²) in [6, 6.07) is 5.48. The minimum atomic E-state index is -0.864. The van der Waals surface area contributed by atoms with Gasteiger partial charge >= 0.3 is 5.97 Å². The van der Waals surface area contributed by atoms with Crippen LogP contribution in [0.25, 0.3) is 5.78 Å². The number of benzene rings is 1. The molecular formula is C21H24N4O3S. The van der Waals surface area contributed by atoms with Gasteiger partial charge in [0.1, 0.15) is 0 Å². The van der Waals surface area contributed by atoms with Gasteiger partial charge in [-0.3, -0.25) is 9.59 Å². The maximum absolute atomic E-state index is 12.6. The summed E-state index contributed by atoms with van der Waals surface area (Å²) >= 11 is 1.43. The number of nitrogens with zero attached hydrogens (tertiary/aromatic N) is 4. The van der Waals surface area contributed by atoms with Gasteiger partial charge in [0.25, 0.3) is 5.78 Å². The van der Waals surface area contributed by atoms with Gasteiger partial charge in [-0.05, 0) is 58.1 Å². The smallest absolute Gasteiger partial charge is 0.311 e. The number of ketones is 1. The molecule has 152 valence electrons. The number of rotatable bonds is 6. The number of Topliss-reactive ketones (excluding diaryl/α,β-unsaturated/α-hetero) is 1. The van der Waals surface area contributed by atoms with Crippen LogP contribution in [0.1, 0.15) is 45.4 Å². The van der Waals surface area contributed by atoms with Crippen molar-refractivity contribution in [3.8, 4) is 0 Å². The summed E-state index contributed by atoms with van der Waals surface area (Å²) in [6.07, 6.45) is 1.04. The minimum absolute atomic E-state index is 0.0135. The number of ether oxygens (including phenoxy) is 1. The fourth-order valence-corrected chi connectivity index (χ4v) is 3.43. The van der Waals surface area contributed by atoms with Crippen molar-refractivity contribution in [1.82, 2.24) is 19.6 Å². The second kappa shape index (κ2) is 8.32. The summed E-state index contributed by atoms with van der Waals surface area (Å²) < 4.78 is 7.05. The third-order valence-electron chi connectivity index (χ3n) is 5.00. The number of hydrogen-bond acceptors (Lipinski definition) is 7. The molecule has 0 unspecified atom stereocenters. The molecular weight excluding hydrogens is 388 g/mol. The van der Waals surface area contributed by atoms with Gasteiger partial charge in [-0.25, -0.2) is 9.50 Å². The van der Waals surface area contributed by atoms with E-state index in [1.807, 2.05) is 46.1 Å². The van der Waals surface area contributed by atoms with Crippen LogP contribution >= 0.6 is 11.8 Å². The lowest BCUT2D eigenvalue weighted by molar-refractivity contribution is -0.145. The molecule has 3 rings (SSSR count). The number of esters is 1. The Kier molecular flexibility index (Phi) is 6.02. The average Bonchev–Trinajstić information content (AvgIpc) is 3.10. The summed E-state index contributed by atoms with van der Waals surface area (Å²) in [5.41, 5.74) is 4.88. The van der Waals surface area contributed by atoms with E-state index < -0.39 is 12.1 Å². The van der Waals surface area contributed by atoms with Gasteiger partial charge < -0.3 is 4.74 Å². The van der Waals surface area contributed by atoms with E-state index in [2.05, 4.69) is 15.1 Å². The van der Waals surface area contributed by atoms with Crippen molar-refractivity contribution in [1.29, 1.82) is 0 Å². The van der Waals surface area contributed by atoms with E-state index in [0.717, 1.165) is 22.4 Å². The molecule has 0 aliphatic rings. The third-order valence-corrected chi connectivity index (χ3v) is 5.54. The molecule has 0 radical (unpaired) electrons. The fraction of sp³-hybridized carbons (Fsp3) is 0.381. The fourth-order valence-electron chi connectivity index (χ4n) is 3.10. The predicted octanol–water partition coefficient (Wildman–Crippen LogP) is 3.44. The Morgan fingerprint density at radius 2 is 1.86 bits per heavy atom. The van der Waals surface area contributed by atoms with Crippen LogP contribution in [0.4, 0.5) is 0 Å². The van der Waals surface area contributed by atoms with E-state index >= 15 is 0 Å². The Morgan fingerprint density at radius 3 is 2.52 bits per heavy atom. The van der Waals surface area contributed by atoms with Crippen molar-refractivity contribution < 1.29 is 14.3 Å². The lowest BCUT2D eigenvalue weighted by Crippen LogP contribution is -2.26. The Balaban J connectivity index is 1.76. The first-order valence-electron chi connectivity index (χ1n) is 9.29. The molecule has 7 nitrogen and oxygen atoms in total. The molecule has 0 aliphatic heterocycles. The topological polar surface area (TPSA) is 86.5 Å². The zero-order chi connectivity index (χ0) is 21.3. The maximum atomic E-state index is 12.6. The summed E-state index contributed by atoms with van der Waals surface area (Å²) in [4.78, 5) is 33.9. The molecule has 2 heterocycles. The summed E-state index contributed by atoms with van der Waals surface area (Å²) in [6.45, 7) is 9.22. The first-order valence-corrected chi connectivity index (χ1v) is 10.5. The van der Waals surface area contributed by atoms with Gasteiger partial charge in [-0.2, -0.15) is 4.98 Å². The van der Waals surface area contributed by atoms with Gasteiger partial charge in [-0.1, -0.05) is 23.9 Å². The Hall–Kier alpha value is -2.74. The number of hydrogen-bond donors (Lipinski definition) is 0. The van der Waals surface area contributed by atoms with Crippen molar-refractivity contribution in [2.75, 3.05) is 6.26 Å². The molecule has 3 aromatic rings. The van der Waals surface area contributed by atoms with Gasteiger partial charge in [0.2, 0.25) is 10.9 Å². The van der Waals surface area contributed by atoms with Crippen LogP contribution in [0.5, 0.6) is 0 Å². The highest BCUT2D eigenvalue weighted by atomic mass is 32.2. The molecule has 0 fully saturated rings. The van der Waals surface area contributed by atoms with Gasteiger partial charge in [0, 0.05) is 22.5 Å². The predicted molar refractivity (Wildman–Crippen MR) is 112 cm³/mol. The Labute approximate surface area is 173 Å². The number of carbonyl (C=O) groups is 2. The molecule has 8 heteroatoms. The third kappa shape index (κ3) is 4.32. The van der Waals surface area contributed by atoms with Crippen LogP contribution in [-0.2, 0) is 16.0 Å². The van der Waals surface area contributed by atoms with Gasteiger partial charge in [0.05, 0.1) is 6.42 Å². The van der Waals surface area contributed by atoms with E-state index in [-0.39, 0.29) is 12.2 Å². The lowest BCUT2D eigenvalue weighted by Gasteiger charge is -2.15. The molecule has 0 bridgehead atoms. The first-order chi connectivity index (χ1) is 13.7. The van der Waals surface area contributed by atoms with E-state index in [0.29, 0.717) is 22.2 Å². The lowest BCUT2D eigenvalue weighted by atomic mass is 10.0. The van der Waals surface area contributed by atoms with Crippen LogP contribution in [0.15, 0.2) is 23.4 Å². The van der Waals surface area contributed by atoms with Crippen LogP contribution < -0.4 is 0 Å². The zero-order valence-electron chi connectivity index (χ0n) is 17.4. The van der Waals surface area contributed by atoms with Crippen molar-refractivity contribution >= 4 is 29.3 Å². The maximum Gasteiger partial charge on any atom is 0.311 e. The quantitative estimate of drug-likeness (QED) is 0.348.